The lowest BCUT2D eigenvalue weighted by atomic mass is 9.96. The largest absolute Gasteiger partial charge is 0.370 e. The smallest absolute Gasteiger partial charge is 0.198 e. The molecule has 0 bridgehead atoms. The number of nitrogens with zero attached hydrogens (tertiary/aromatic N) is 4. The van der Waals surface area contributed by atoms with Crippen molar-refractivity contribution in [2.24, 2.45) is 22.8 Å². The molecule has 0 aliphatic heterocycles. The van der Waals surface area contributed by atoms with Gasteiger partial charge in [-0.15, -0.1) is 0 Å². The average Bonchev–Trinajstić information content (AvgIpc) is 3.09. The topological polar surface area (TPSA) is 136 Å². The molecule has 0 aliphatic carbocycles. The maximum Gasteiger partial charge on any atom is 0.198 e. The number of rotatable bonds is 32. The molecular formula is C41H88N6O6P2S2. The van der Waals surface area contributed by atoms with Crippen LogP contribution in [-0.4, -0.2) is 128 Å². The molecule has 0 aromatic carbocycles. The fourth-order valence-electron chi connectivity index (χ4n) is 6.41. The van der Waals surface area contributed by atoms with Crippen LogP contribution in [0.15, 0.2) is 0 Å². The first-order valence-electron chi connectivity index (χ1n) is 21.4. The van der Waals surface area contributed by atoms with E-state index in [1.165, 1.54) is 23.5 Å². The minimum absolute atomic E-state index is 0.0441. The molecule has 340 valence electrons. The van der Waals surface area contributed by atoms with E-state index in [1.54, 1.807) is 0 Å². The van der Waals surface area contributed by atoms with Crippen LogP contribution in [0.5, 0.6) is 0 Å². The van der Waals surface area contributed by atoms with Gasteiger partial charge in [-0.05, 0) is 123 Å². The van der Waals surface area contributed by atoms with Crippen LogP contribution >= 0.6 is 40.4 Å². The van der Waals surface area contributed by atoms with Crippen molar-refractivity contribution in [3.8, 4) is 0 Å². The van der Waals surface area contributed by atoms with E-state index in [-0.39, 0.29) is 52.3 Å². The summed E-state index contributed by atoms with van der Waals surface area (Å²) >= 11 is 2.38. The Hall–Kier alpha value is 0.500. The summed E-state index contributed by atoms with van der Waals surface area (Å²) in [5.41, 5.74) is 11.1. The number of carbonyl (C=O) groups is 2. The van der Waals surface area contributed by atoms with Crippen LogP contribution in [0, 0.1) is 11.3 Å². The van der Waals surface area contributed by atoms with Crippen molar-refractivity contribution in [3.05, 3.63) is 0 Å². The molecule has 6 atom stereocenters. The molecule has 0 aromatic rings. The lowest BCUT2D eigenvalue weighted by Gasteiger charge is -2.48. The Morgan fingerprint density at radius 1 is 0.579 bits per heavy atom. The van der Waals surface area contributed by atoms with E-state index in [0.717, 1.165) is 19.3 Å². The van der Waals surface area contributed by atoms with Crippen LogP contribution in [0.25, 0.3) is 0 Å². The predicted octanol–water partition coefficient (Wildman–Crippen LogP) is 9.52. The Kier molecular flexibility index (Phi) is 30.0. The van der Waals surface area contributed by atoms with Gasteiger partial charge in [0.05, 0.1) is 31.7 Å². The Balaban J connectivity index is 5.93. The van der Waals surface area contributed by atoms with Crippen molar-refractivity contribution >= 4 is 50.7 Å². The maximum atomic E-state index is 12.5. The highest BCUT2D eigenvalue weighted by atomic mass is 32.2. The fraction of sp³-hybridized carbons (Fsp3) is 0.951. The number of nitrogens with two attached hydrogens (primary N) is 2. The molecule has 0 fully saturated rings. The average molecular weight is 887 g/mol. The number of hydrogen-bond acceptors (Lipinski definition) is 14. The molecule has 0 aliphatic rings. The molecule has 0 heterocycles. The van der Waals surface area contributed by atoms with E-state index in [4.69, 9.17) is 30.0 Å². The molecule has 0 aromatic heterocycles. The van der Waals surface area contributed by atoms with Crippen molar-refractivity contribution in [2.45, 2.75) is 198 Å². The standard InChI is InChI=1S/C41H88N6O6P2S2/c1-29(2)44(30(3)4)54(52-23-19-22-50-27-56-39(48)37(15)38(16)43)46(33(9)10)35(13)20-21-36(14)47(34(11)12)55(45(31(5)6)32(7)8)53-25-24-51-28-57-40(49)41(17,18)26-42/h29-38H,19-28,42-43H2,1-18H3. The van der Waals surface area contributed by atoms with Crippen LogP contribution in [0.2, 0.25) is 0 Å². The van der Waals surface area contributed by atoms with Crippen molar-refractivity contribution < 1.29 is 28.1 Å². The summed E-state index contributed by atoms with van der Waals surface area (Å²) in [6, 6.07) is 2.11. The first kappa shape index (κ1) is 57.5. The highest BCUT2D eigenvalue weighted by molar-refractivity contribution is 8.13. The first-order valence-corrected chi connectivity index (χ1v) is 25.7. The van der Waals surface area contributed by atoms with Crippen LogP contribution in [-0.2, 0) is 28.1 Å². The third kappa shape index (κ3) is 21.0. The SMILES string of the molecule is CC(N)C(C)C(=O)SCOCCCOP(N(C(C)C)C(C)C)N(C(C)C)C(C)CCC(C)N(C(C)C)P(OCCOCSC(=O)C(C)(C)CN)N(C(C)C)C(C)C. The van der Waals surface area contributed by atoms with Gasteiger partial charge in [-0.25, -0.2) is 18.7 Å². The van der Waals surface area contributed by atoms with E-state index in [2.05, 4.69) is 116 Å². The molecule has 57 heavy (non-hydrogen) atoms. The third-order valence-electron chi connectivity index (χ3n) is 9.73. The van der Waals surface area contributed by atoms with Crippen LogP contribution in [0.1, 0.15) is 144 Å². The van der Waals surface area contributed by atoms with E-state index < -0.39 is 22.3 Å². The highest BCUT2D eigenvalue weighted by Crippen LogP contribution is 2.53. The van der Waals surface area contributed by atoms with Gasteiger partial charge in [-0.1, -0.05) is 44.3 Å². The second-order valence-corrected chi connectivity index (χ2v) is 22.8. The first-order chi connectivity index (χ1) is 26.4. The zero-order chi connectivity index (χ0) is 44.2. The van der Waals surface area contributed by atoms with Crippen LogP contribution < -0.4 is 11.5 Å². The minimum atomic E-state index is -1.11. The quantitative estimate of drug-likeness (QED) is 0.0377. The number of hydrogen-bond donors (Lipinski definition) is 2. The predicted molar refractivity (Wildman–Crippen MR) is 249 cm³/mol. The monoisotopic (exact) mass is 887 g/mol. The molecule has 0 saturated heterocycles. The Bertz CT molecular complexity index is 1080. The summed E-state index contributed by atoms with van der Waals surface area (Å²) in [6.45, 7) is 41.6. The minimum Gasteiger partial charge on any atom is -0.370 e. The van der Waals surface area contributed by atoms with E-state index in [9.17, 15) is 9.59 Å². The van der Waals surface area contributed by atoms with Gasteiger partial charge in [0.15, 0.2) is 27.1 Å². The lowest BCUT2D eigenvalue weighted by Crippen LogP contribution is -2.46. The molecular weight excluding hydrogens is 799 g/mol. The number of carbonyl (C=O) groups excluding carboxylic acids is 2. The van der Waals surface area contributed by atoms with E-state index >= 15 is 0 Å². The molecule has 0 radical (unpaired) electrons. The van der Waals surface area contributed by atoms with Gasteiger partial charge in [-0.2, -0.15) is 0 Å². The molecule has 12 nitrogen and oxygen atoms in total. The van der Waals surface area contributed by atoms with Gasteiger partial charge in [-0.3, -0.25) is 9.59 Å². The van der Waals surface area contributed by atoms with Gasteiger partial charge in [0.1, 0.15) is 0 Å². The Morgan fingerprint density at radius 2 is 0.965 bits per heavy atom. The number of ether oxygens (including phenoxy) is 2. The summed E-state index contributed by atoms with van der Waals surface area (Å²) < 4.78 is 35.6. The second kappa shape index (κ2) is 29.7. The summed E-state index contributed by atoms with van der Waals surface area (Å²) in [4.78, 5) is 24.8. The van der Waals surface area contributed by atoms with Crippen molar-refractivity contribution in [1.29, 1.82) is 0 Å². The van der Waals surface area contributed by atoms with Crippen molar-refractivity contribution in [2.75, 3.05) is 44.9 Å². The molecule has 0 amide bonds. The normalized spacial score (nSPS) is 16.4. The Labute approximate surface area is 361 Å². The van der Waals surface area contributed by atoms with Crippen molar-refractivity contribution in [3.63, 3.8) is 0 Å². The van der Waals surface area contributed by atoms with Gasteiger partial charge in [0.2, 0.25) is 0 Å². The Morgan fingerprint density at radius 3 is 1.35 bits per heavy atom. The second-order valence-electron chi connectivity index (χ2n) is 17.6. The highest BCUT2D eigenvalue weighted by Gasteiger charge is 2.38. The fourth-order valence-corrected chi connectivity index (χ4v) is 12.8. The molecule has 0 saturated carbocycles. The van der Waals surface area contributed by atoms with E-state index in [0.29, 0.717) is 63.1 Å². The summed E-state index contributed by atoms with van der Waals surface area (Å²) in [5, 5.41) is 0.115. The summed E-state index contributed by atoms with van der Waals surface area (Å²) in [7, 11) is -2.17. The molecule has 6 unspecified atom stereocenters. The zero-order valence-corrected chi connectivity index (χ0v) is 42.9. The van der Waals surface area contributed by atoms with Gasteiger partial charge in [0.25, 0.3) is 0 Å². The molecule has 16 heteroatoms. The molecule has 0 rings (SSSR count). The third-order valence-corrected chi connectivity index (χ3v) is 17.7. The van der Waals surface area contributed by atoms with Gasteiger partial charge in [0, 0.05) is 78.9 Å². The summed E-state index contributed by atoms with van der Waals surface area (Å²) in [5.74, 6) is 0.429. The van der Waals surface area contributed by atoms with Crippen LogP contribution in [0.3, 0.4) is 0 Å². The lowest BCUT2D eigenvalue weighted by molar-refractivity contribution is -0.117. The van der Waals surface area contributed by atoms with Gasteiger partial charge >= 0.3 is 0 Å². The zero-order valence-electron chi connectivity index (χ0n) is 39.4. The van der Waals surface area contributed by atoms with Crippen molar-refractivity contribution in [1.82, 2.24) is 18.7 Å². The number of thioether (sulfide) groups is 2. The van der Waals surface area contributed by atoms with Crippen LogP contribution in [0.4, 0.5) is 0 Å². The molecule has 4 N–H and O–H groups in total. The maximum absolute atomic E-state index is 12.5. The summed E-state index contributed by atoms with van der Waals surface area (Å²) in [6.07, 6.45) is 2.75. The molecule has 0 spiro atoms. The van der Waals surface area contributed by atoms with E-state index in [1.807, 2.05) is 27.7 Å². The van der Waals surface area contributed by atoms with Gasteiger partial charge < -0.3 is 30.0 Å².